The van der Waals surface area contributed by atoms with Gasteiger partial charge in [-0.1, -0.05) is 11.6 Å². The Morgan fingerprint density at radius 1 is 1.62 bits per heavy atom. The average Bonchev–Trinajstić information content (AvgIpc) is 2.12. The van der Waals surface area contributed by atoms with Gasteiger partial charge in [-0.3, -0.25) is 0 Å². The number of halogens is 2. The topological polar surface area (TPSA) is 49.7 Å². The average molecular weight is 207 g/mol. The summed E-state index contributed by atoms with van der Waals surface area (Å²) in [6.07, 6.45) is 0. The number of rotatable bonds is 2. The number of methoxy groups -OCH3 is 1. The van der Waals surface area contributed by atoms with Crippen molar-refractivity contribution in [2.24, 2.45) is 0 Å². The van der Waals surface area contributed by atoms with Crippen molar-refractivity contribution < 1.29 is 19.3 Å². The summed E-state index contributed by atoms with van der Waals surface area (Å²) in [7, 11) is 1.33. The van der Waals surface area contributed by atoms with E-state index in [-0.39, 0.29) is 16.3 Å². The molecule has 3 nitrogen and oxygen atoms in total. The fourth-order valence-electron chi connectivity index (χ4n) is 0.938. The molecule has 0 heterocycles. The van der Waals surface area contributed by atoms with Crippen LogP contribution in [-0.4, -0.2) is 17.3 Å². The summed E-state index contributed by atoms with van der Waals surface area (Å²) in [6, 6.07) is 1.05. The summed E-state index contributed by atoms with van der Waals surface area (Å²) in [5.41, 5.74) is -0.168. The molecule has 0 aromatic heterocycles. The Kier molecular flexibility index (Phi) is 2.95. The minimum atomic E-state index is -0.923. The van der Waals surface area contributed by atoms with Crippen LogP contribution in [0.5, 0.6) is 11.5 Å². The molecule has 0 amide bonds. The van der Waals surface area contributed by atoms with Gasteiger partial charge < -0.3 is 14.9 Å². The van der Waals surface area contributed by atoms with E-state index in [1.165, 1.54) is 7.11 Å². The number of aromatic hydroxyl groups is 1. The molecular weight excluding hydrogens is 199 g/mol. The Bertz CT molecular complexity index is 328. The van der Waals surface area contributed by atoms with Crippen LogP contribution in [0.4, 0.5) is 4.39 Å². The van der Waals surface area contributed by atoms with Crippen LogP contribution >= 0.6 is 11.6 Å². The molecule has 0 atom stereocenters. The normalized spacial score (nSPS) is 10.2. The van der Waals surface area contributed by atoms with Crippen LogP contribution in [0.1, 0.15) is 5.56 Å². The van der Waals surface area contributed by atoms with Crippen LogP contribution in [0.25, 0.3) is 0 Å². The molecule has 0 saturated heterocycles. The number of hydrogen-bond donors (Lipinski definition) is 2. The van der Waals surface area contributed by atoms with Gasteiger partial charge in [0.25, 0.3) is 0 Å². The van der Waals surface area contributed by atoms with E-state index in [1.54, 1.807) is 0 Å². The lowest BCUT2D eigenvalue weighted by atomic mass is 10.2. The van der Waals surface area contributed by atoms with Crippen molar-refractivity contribution in [1.29, 1.82) is 0 Å². The molecule has 0 fully saturated rings. The zero-order chi connectivity index (χ0) is 10.0. The van der Waals surface area contributed by atoms with Crippen LogP contribution in [-0.2, 0) is 6.61 Å². The van der Waals surface area contributed by atoms with Crippen LogP contribution in [0.15, 0.2) is 6.07 Å². The van der Waals surface area contributed by atoms with E-state index < -0.39 is 18.2 Å². The zero-order valence-electron chi connectivity index (χ0n) is 6.84. The van der Waals surface area contributed by atoms with Crippen molar-refractivity contribution in [3.05, 3.63) is 22.5 Å². The lowest BCUT2D eigenvalue weighted by molar-refractivity contribution is 0.272. The van der Waals surface area contributed by atoms with Crippen LogP contribution < -0.4 is 4.74 Å². The van der Waals surface area contributed by atoms with E-state index in [0.29, 0.717) is 0 Å². The second-order valence-corrected chi connectivity index (χ2v) is 2.74. The van der Waals surface area contributed by atoms with Crippen molar-refractivity contribution in [1.82, 2.24) is 0 Å². The van der Waals surface area contributed by atoms with Gasteiger partial charge in [0.1, 0.15) is 5.75 Å². The van der Waals surface area contributed by atoms with Crippen molar-refractivity contribution >= 4 is 11.6 Å². The summed E-state index contributed by atoms with van der Waals surface area (Å²) in [5.74, 6) is -1.39. The number of phenolic OH excluding ortho intramolecular Hbond substituents is 1. The lowest BCUT2D eigenvalue weighted by Crippen LogP contribution is -1.95. The van der Waals surface area contributed by atoms with Crippen molar-refractivity contribution in [3.63, 3.8) is 0 Å². The van der Waals surface area contributed by atoms with Gasteiger partial charge in [-0.2, -0.15) is 0 Å². The summed E-state index contributed by atoms with van der Waals surface area (Å²) in [5, 5.41) is 17.8. The maximum absolute atomic E-state index is 13.0. The summed E-state index contributed by atoms with van der Waals surface area (Å²) in [6.45, 7) is -0.588. The van der Waals surface area contributed by atoms with Gasteiger partial charge in [0.05, 0.1) is 18.7 Å². The predicted molar refractivity (Wildman–Crippen MR) is 45.5 cm³/mol. The molecule has 72 valence electrons. The molecule has 0 unspecified atom stereocenters. The standard InChI is InChI=1S/C8H8ClFO3/c1-13-6-2-5(12)8(10)4(3-11)7(6)9/h2,11-12H,3H2,1H3. The Balaban J connectivity index is 3.39. The van der Waals surface area contributed by atoms with Gasteiger partial charge in [-0.15, -0.1) is 0 Å². The minimum absolute atomic E-state index is 0.0275. The van der Waals surface area contributed by atoms with E-state index >= 15 is 0 Å². The maximum atomic E-state index is 13.0. The molecule has 0 aliphatic carbocycles. The highest BCUT2D eigenvalue weighted by Crippen LogP contribution is 2.35. The van der Waals surface area contributed by atoms with Gasteiger partial charge in [-0.25, -0.2) is 4.39 Å². The number of aliphatic hydroxyl groups is 1. The Hall–Kier alpha value is -1.00. The smallest absolute Gasteiger partial charge is 0.172 e. The van der Waals surface area contributed by atoms with Crippen LogP contribution in [0, 0.1) is 5.82 Å². The van der Waals surface area contributed by atoms with Crippen molar-refractivity contribution in [3.8, 4) is 11.5 Å². The van der Waals surface area contributed by atoms with Gasteiger partial charge in [0, 0.05) is 11.6 Å². The highest BCUT2D eigenvalue weighted by Gasteiger charge is 2.16. The highest BCUT2D eigenvalue weighted by atomic mass is 35.5. The highest BCUT2D eigenvalue weighted by molar-refractivity contribution is 6.32. The quantitative estimate of drug-likeness (QED) is 0.774. The summed E-state index contributed by atoms with van der Waals surface area (Å²) in [4.78, 5) is 0. The molecule has 1 rings (SSSR count). The van der Waals surface area contributed by atoms with E-state index in [2.05, 4.69) is 0 Å². The summed E-state index contributed by atoms with van der Waals surface area (Å²) < 4.78 is 17.8. The zero-order valence-corrected chi connectivity index (χ0v) is 7.60. The molecule has 0 saturated carbocycles. The minimum Gasteiger partial charge on any atom is -0.505 e. The Morgan fingerprint density at radius 2 is 2.23 bits per heavy atom. The number of ether oxygens (including phenoxy) is 1. The third-order valence-corrected chi connectivity index (χ3v) is 2.03. The van der Waals surface area contributed by atoms with E-state index in [9.17, 15) is 4.39 Å². The molecular formula is C8H8ClFO3. The second kappa shape index (κ2) is 3.81. The SMILES string of the molecule is COc1cc(O)c(F)c(CO)c1Cl. The van der Waals surface area contributed by atoms with Gasteiger partial charge in [-0.05, 0) is 0 Å². The molecule has 1 aromatic carbocycles. The largest absolute Gasteiger partial charge is 0.505 e. The van der Waals surface area contributed by atoms with E-state index in [1.807, 2.05) is 0 Å². The third-order valence-electron chi connectivity index (χ3n) is 1.62. The molecule has 5 heteroatoms. The van der Waals surface area contributed by atoms with E-state index in [4.69, 9.17) is 26.6 Å². The number of phenols is 1. The predicted octanol–water partition coefficient (Wildman–Crippen LogP) is 1.69. The Morgan fingerprint density at radius 3 is 2.69 bits per heavy atom. The fraction of sp³-hybridized carbons (Fsp3) is 0.250. The summed E-state index contributed by atoms with van der Waals surface area (Å²) >= 11 is 5.65. The van der Waals surface area contributed by atoms with Gasteiger partial charge >= 0.3 is 0 Å². The first kappa shape index (κ1) is 10.1. The second-order valence-electron chi connectivity index (χ2n) is 2.36. The van der Waals surface area contributed by atoms with Crippen LogP contribution in [0.3, 0.4) is 0 Å². The molecule has 0 radical (unpaired) electrons. The monoisotopic (exact) mass is 206 g/mol. The van der Waals surface area contributed by atoms with E-state index in [0.717, 1.165) is 6.07 Å². The fourth-order valence-corrected chi connectivity index (χ4v) is 1.21. The molecule has 1 aromatic rings. The first-order valence-electron chi connectivity index (χ1n) is 3.46. The maximum Gasteiger partial charge on any atom is 0.172 e. The number of aliphatic hydroxyl groups excluding tert-OH is 1. The molecule has 0 spiro atoms. The first-order valence-corrected chi connectivity index (χ1v) is 3.84. The van der Waals surface area contributed by atoms with Crippen molar-refractivity contribution in [2.75, 3.05) is 7.11 Å². The molecule has 0 aliphatic rings. The molecule has 13 heavy (non-hydrogen) atoms. The Labute approximate surface area is 79.3 Å². The molecule has 2 N–H and O–H groups in total. The number of hydrogen-bond acceptors (Lipinski definition) is 3. The first-order chi connectivity index (χ1) is 6.11. The van der Waals surface area contributed by atoms with Gasteiger partial charge in [0.2, 0.25) is 0 Å². The third kappa shape index (κ3) is 1.68. The van der Waals surface area contributed by atoms with Crippen LogP contribution in [0.2, 0.25) is 5.02 Å². The number of benzene rings is 1. The van der Waals surface area contributed by atoms with Crippen molar-refractivity contribution in [2.45, 2.75) is 6.61 Å². The molecule has 0 aliphatic heterocycles. The lowest BCUT2D eigenvalue weighted by Gasteiger charge is -2.09. The molecule has 0 bridgehead atoms. The van der Waals surface area contributed by atoms with Gasteiger partial charge in [0.15, 0.2) is 11.6 Å².